The van der Waals surface area contributed by atoms with Gasteiger partial charge in [-0.25, -0.2) is 0 Å². The number of hydrogen-bond acceptors (Lipinski definition) is 4. The molecule has 2 fully saturated rings. The van der Waals surface area contributed by atoms with Crippen LogP contribution in [0.3, 0.4) is 0 Å². The van der Waals surface area contributed by atoms with Crippen molar-refractivity contribution in [3.63, 3.8) is 0 Å². The summed E-state index contributed by atoms with van der Waals surface area (Å²) in [5, 5.41) is 0.720. The van der Waals surface area contributed by atoms with Crippen molar-refractivity contribution in [2.75, 3.05) is 33.3 Å². The van der Waals surface area contributed by atoms with Gasteiger partial charge in [-0.3, -0.25) is 9.69 Å². The molecule has 0 bridgehead atoms. The minimum Gasteiger partial charge on any atom is -0.496 e. The third-order valence-electron chi connectivity index (χ3n) is 5.14. The third kappa shape index (κ3) is 4.02. The summed E-state index contributed by atoms with van der Waals surface area (Å²) in [7, 11) is 1.68. The molecule has 24 heavy (non-hydrogen) atoms. The summed E-state index contributed by atoms with van der Waals surface area (Å²) in [4.78, 5) is 16.9. The molecule has 0 aromatic heterocycles. The molecule has 1 saturated heterocycles. The summed E-state index contributed by atoms with van der Waals surface area (Å²) in [5.74, 6) is 1.29. The SMILES string of the molecule is COc1ccc(Cl)cc1CN1CCN(C(=O)[C@@H]2CC[C@@H](N)C2)CC1. The summed E-state index contributed by atoms with van der Waals surface area (Å²) >= 11 is 6.10. The first kappa shape index (κ1) is 17.5. The standard InChI is InChI=1S/C18H26ClN3O2/c1-24-17-5-3-15(19)10-14(17)12-21-6-8-22(9-7-21)18(23)13-2-4-16(20)11-13/h3,5,10,13,16H,2,4,6-9,11-12,20H2,1H3/t13-,16-/m1/s1. The monoisotopic (exact) mass is 351 g/mol. The molecule has 2 atom stereocenters. The number of carbonyl (C=O) groups is 1. The van der Waals surface area contributed by atoms with Crippen molar-refractivity contribution in [2.24, 2.45) is 11.7 Å². The van der Waals surface area contributed by atoms with E-state index in [0.29, 0.717) is 5.91 Å². The smallest absolute Gasteiger partial charge is 0.225 e. The first-order valence-corrected chi connectivity index (χ1v) is 9.03. The number of amides is 1. The lowest BCUT2D eigenvalue weighted by Gasteiger charge is -2.36. The number of methoxy groups -OCH3 is 1. The highest BCUT2D eigenvalue weighted by Gasteiger charge is 2.32. The average molecular weight is 352 g/mol. The first-order chi connectivity index (χ1) is 11.6. The lowest BCUT2D eigenvalue weighted by molar-refractivity contribution is -0.137. The van der Waals surface area contributed by atoms with Crippen molar-refractivity contribution in [3.05, 3.63) is 28.8 Å². The van der Waals surface area contributed by atoms with Crippen LogP contribution in [0, 0.1) is 5.92 Å². The van der Waals surface area contributed by atoms with E-state index in [1.54, 1.807) is 7.11 Å². The van der Waals surface area contributed by atoms with Gasteiger partial charge in [-0.2, -0.15) is 0 Å². The molecule has 3 rings (SSSR count). The van der Waals surface area contributed by atoms with Crippen LogP contribution in [0.2, 0.25) is 5.02 Å². The number of benzene rings is 1. The van der Waals surface area contributed by atoms with E-state index in [1.807, 2.05) is 23.1 Å². The second-order valence-corrected chi connectivity index (χ2v) is 7.26. The quantitative estimate of drug-likeness (QED) is 0.902. The van der Waals surface area contributed by atoms with E-state index in [-0.39, 0.29) is 12.0 Å². The van der Waals surface area contributed by atoms with Crippen molar-refractivity contribution < 1.29 is 9.53 Å². The zero-order valence-corrected chi connectivity index (χ0v) is 15.0. The van der Waals surface area contributed by atoms with Crippen LogP contribution in [-0.4, -0.2) is 55.0 Å². The zero-order valence-electron chi connectivity index (χ0n) is 14.2. The number of nitrogens with two attached hydrogens (primary N) is 1. The second-order valence-electron chi connectivity index (χ2n) is 6.83. The van der Waals surface area contributed by atoms with E-state index in [9.17, 15) is 4.79 Å². The highest BCUT2D eigenvalue weighted by molar-refractivity contribution is 6.30. The van der Waals surface area contributed by atoms with E-state index in [4.69, 9.17) is 22.1 Å². The Bertz CT molecular complexity index is 588. The van der Waals surface area contributed by atoms with Crippen LogP contribution < -0.4 is 10.5 Å². The van der Waals surface area contributed by atoms with Crippen LogP contribution in [0.5, 0.6) is 5.75 Å². The van der Waals surface area contributed by atoms with Crippen molar-refractivity contribution in [2.45, 2.75) is 31.8 Å². The summed E-state index contributed by atoms with van der Waals surface area (Å²) in [5.41, 5.74) is 7.03. The van der Waals surface area contributed by atoms with Gasteiger partial charge in [0, 0.05) is 55.3 Å². The van der Waals surface area contributed by atoms with Crippen molar-refractivity contribution in [3.8, 4) is 5.75 Å². The molecular weight excluding hydrogens is 326 g/mol. The Labute approximate surface area is 148 Å². The van der Waals surface area contributed by atoms with E-state index in [0.717, 1.165) is 68.3 Å². The molecule has 1 aliphatic heterocycles. The third-order valence-corrected chi connectivity index (χ3v) is 5.38. The summed E-state index contributed by atoms with van der Waals surface area (Å²) < 4.78 is 5.42. The largest absolute Gasteiger partial charge is 0.496 e. The van der Waals surface area contributed by atoms with Crippen LogP contribution in [-0.2, 0) is 11.3 Å². The molecule has 1 aromatic rings. The van der Waals surface area contributed by atoms with Crippen LogP contribution in [0.4, 0.5) is 0 Å². The van der Waals surface area contributed by atoms with Crippen LogP contribution >= 0.6 is 11.6 Å². The minimum atomic E-state index is 0.138. The maximum atomic E-state index is 12.6. The molecule has 0 spiro atoms. The summed E-state index contributed by atoms with van der Waals surface area (Å²) in [6.07, 6.45) is 2.77. The van der Waals surface area contributed by atoms with Gasteiger partial charge in [0.1, 0.15) is 5.75 Å². The molecule has 5 nitrogen and oxygen atoms in total. The van der Waals surface area contributed by atoms with Crippen LogP contribution in [0.1, 0.15) is 24.8 Å². The molecule has 6 heteroatoms. The Hall–Kier alpha value is -1.30. The first-order valence-electron chi connectivity index (χ1n) is 8.66. The molecule has 1 aromatic carbocycles. The molecule has 1 heterocycles. The number of piperazine rings is 1. The zero-order chi connectivity index (χ0) is 17.1. The maximum Gasteiger partial charge on any atom is 0.225 e. The molecule has 132 valence electrons. The van der Waals surface area contributed by atoms with Crippen LogP contribution in [0.25, 0.3) is 0 Å². The Balaban J connectivity index is 1.54. The maximum absolute atomic E-state index is 12.6. The predicted molar refractivity (Wildman–Crippen MR) is 95.2 cm³/mol. The van der Waals surface area contributed by atoms with Crippen molar-refractivity contribution >= 4 is 17.5 Å². The van der Waals surface area contributed by atoms with E-state index in [2.05, 4.69) is 4.90 Å². The Morgan fingerprint density at radius 2 is 2.04 bits per heavy atom. The van der Waals surface area contributed by atoms with Gasteiger partial charge in [-0.05, 0) is 37.5 Å². The van der Waals surface area contributed by atoms with Gasteiger partial charge in [0.2, 0.25) is 5.91 Å². The summed E-state index contributed by atoms with van der Waals surface area (Å²) in [6.45, 7) is 4.11. The van der Waals surface area contributed by atoms with Gasteiger partial charge in [-0.1, -0.05) is 11.6 Å². The topological polar surface area (TPSA) is 58.8 Å². The lowest BCUT2D eigenvalue weighted by atomic mass is 10.1. The van der Waals surface area contributed by atoms with E-state index >= 15 is 0 Å². The Morgan fingerprint density at radius 1 is 1.29 bits per heavy atom. The minimum absolute atomic E-state index is 0.138. The highest BCUT2D eigenvalue weighted by Crippen LogP contribution is 2.27. The molecule has 2 N–H and O–H groups in total. The fourth-order valence-electron chi connectivity index (χ4n) is 3.74. The van der Waals surface area contributed by atoms with Gasteiger partial charge in [-0.15, -0.1) is 0 Å². The predicted octanol–water partition coefficient (Wildman–Crippen LogP) is 2.12. The van der Waals surface area contributed by atoms with Gasteiger partial charge in [0.05, 0.1) is 7.11 Å². The summed E-state index contributed by atoms with van der Waals surface area (Å²) in [6, 6.07) is 5.90. The van der Waals surface area contributed by atoms with Crippen LogP contribution in [0.15, 0.2) is 18.2 Å². The molecule has 0 unspecified atom stereocenters. The molecule has 1 amide bonds. The average Bonchev–Trinajstić information content (AvgIpc) is 3.02. The number of rotatable bonds is 4. The molecular formula is C18H26ClN3O2. The Morgan fingerprint density at radius 3 is 2.67 bits per heavy atom. The lowest BCUT2D eigenvalue weighted by Crippen LogP contribution is -2.49. The normalized spacial score (nSPS) is 25.0. The number of nitrogens with zero attached hydrogens (tertiary/aromatic N) is 2. The molecule has 1 aliphatic carbocycles. The van der Waals surface area contributed by atoms with Crippen molar-refractivity contribution in [1.82, 2.24) is 9.80 Å². The second kappa shape index (κ2) is 7.72. The van der Waals surface area contributed by atoms with E-state index < -0.39 is 0 Å². The number of ether oxygens (including phenoxy) is 1. The number of carbonyl (C=O) groups excluding carboxylic acids is 1. The van der Waals surface area contributed by atoms with Gasteiger partial charge >= 0.3 is 0 Å². The fourth-order valence-corrected chi connectivity index (χ4v) is 3.93. The molecule has 0 radical (unpaired) electrons. The van der Waals surface area contributed by atoms with Gasteiger partial charge < -0.3 is 15.4 Å². The number of hydrogen-bond donors (Lipinski definition) is 1. The molecule has 1 saturated carbocycles. The molecule has 2 aliphatic rings. The fraction of sp³-hybridized carbons (Fsp3) is 0.611. The van der Waals surface area contributed by atoms with E-state index in [1.165, 1.54) is 0 Å². The number of halogens is 1. The van der Waals surface area contributed by atoms with Gasteiger partial charge in [0.25, 0.3) is 0 Å². The van der Waals surface area contributed by atoms with Crippen molar-refractivity contribution in [1.29, 1.82) is 0 Å². The van der Waals surface area contributed by atoms with Gasteiger partial charge in [0.15, 0.2) is 0 Å². The highest BCUT2D eigenvalue weighted by atomic mass is 35.5. The Kier molecular flexibility index (Phi) is 5.64.